The maximum absolute atomic E-state index is 11.6. The predicted octanol–water partition coefficient (Wildman–Crippen LogP) is -15.1. The zero-order valence-corrected chi connectivity index (χ0v) is 46.3. The van der Waals surface area contributed by atoms with Crippen LogP contribution >= 0.6 is 0 Å². The molecule has 38 nitrogen and oxygen atoms in total. The molecule has 0 amide bonds. The molecule has 38 heteroatoms. The Bertz CT molecular complexity index is 2100. The molecule has 30 rings (SSSR count). The van der Waals surface area contributed by atoms with Gasteiger partial charge in [0, 0.05) is 12.3 Å². The minimum absolute atomic E-state index is 0.528. The summed E-state index contributed by atoms with van der Waals surface area (Å²) in [6.45, 7) is -6.59. The maximum Gasteiger partial charge on any atom is 0.187 e. The molecule has 0 aliphatic carbocycles. The molecule has 30 aliphatic heterocycles. The largest absolute Gasteiger partial charge is 0.394 e. The first-order valence-electron chi connectivity index (χ1n) is 28.3. The van der Waals surface area contributed by atoms with Crippen LogP contribution in [-0.4, -0.2) is 399 Å². The fourth-order valence-electron chi connectivity index (χ4n) is 12.1. The summed E-state index contributed by atoms with van der Waals surface area (Å²) >= 11 is 0. The Balaban J connectivity index is 0.967. The third-order valence-electron chi connectivity index (χ3n) is 17.1. The molecule has 0 radical (unpaired) electrons. The van der Waals surface area contributed by atoms with Crippen LogP contribution in [0.15, 0.2) is 0 Å². The van der Waals surface area contributed by atoms with E-state index < -0.39 is 299 Å². The summed E-state index contributed by atoms with van der Waals surface area (Å²) in [5, 5.41) is 243. The smallest absolute Gasteiger partial charge is 0.187 e. The molecule has 0 spiro atoms. The van der Waals surface area contributed by atoms with Crippen LogP contribution in [0.5, 0.6) is 0 Å². The van der Waals surface area contributed by atoms with Gasteiger partial charge in [-0.25, -0.2) is 0 Å². The van der Waals surface area contributed by atoms with Crippen molar-refractivity contribution in [1.82, 2.24) is 0 Å². The summed E-state index contributed by atoms with van der Waals surface area (Å²) in [6, 6.07) is 0. The molecule has 30 heterocycles. The quantitative estimate of drug-likeness (QED) is 0.107. The molecule has 39 atom stereocenters. The van der Waals surface area contributed by atoms with Crippen molar-refractivity contribution in [3.63, 3.8) is 0 Å². The number of aliphatic hydroxyl groups is 22. The molecule has 30 saturated heterocycles. The van der Waals surface area contributed by atoms with Crippen LogP contribution in [0.1, 0.15) is 13.3 Å². The Labute approximate surface area is 492 Å². The molecule has 15 unspecified atom stereocenters. The summed E-state index contributed by atoms with van der Waals surface area (Å²) in [4.78, 5) is 0. The highest BCUT2D eigenvalue weighted by atomic mass is 16.8. The van der Waals surface area contributed by atoms with Gasteiger partial charge in [-0.2, -0.15) is 0 Å². The summed E-state index contributed by atoms with van der Waals surface area (Å²) in [5.74, 6) is -1.23. The van der Waals surface area contributed by atoms with Crippen LogP contribution in [0.25, 0.3) is 0 Å². The minimum atomic E-state index is -2.20. The van der Waals surface area contributed by atoms with E-state index in [0.717, 1.165) is 0 Å². The molecule has 0 aromatic rings. The van der Waals surface area contributed by atoms with Crippen molar-refractivity contribution in [2.45, 2.75) is 247 Å². The first kappa shape index (κ1) is 69.8. The molecule has 0 saturated carbocycles. The fraction of sp³-hybridized carbons (Fsp3) is 1.00. The standard InChI is InChI=1S/C49H82O38/c1-11-22(59)35-15(4-51)74-42(11)81-36-16(5-52)76-46(30(67)24(36)61)85-40-20(9-56)80-49(34(71)28(40)65)87-41-21(10-57)79-48(33(70)27(41)64)84-38-18(7-54)75-44(29(66)23(38)60)72-13-2-12(58)43(73-14(13)3-50)82-37-17(6-53)77-47(31(68)25(37)62)86-39-19(8-55)78-45(83-35)32(69)26(39)63/h11-71H,2-10H2,1H3/t11-,12-,13-,14?,15?,16?,17?,18?,19?,20?,21?,22?,23+,24?,25?,26?,27+,28+,29?,30-,31-,32-,33?,34?,35+,36+,37+,38+,39+,40+,41+,42+,43+,44-,45+,46+,47+,48+,49+/m0/s1. The van der Waals surface area contributed by atoms with E-state index >= 15 is 0 Å². The molecular formula is C49H82O38. The average Bonchev–Trinajstić information content (AvgIpc) is 1.12. The van der Waals surface area contributed by atoms with Gasteiger partial charge in [-0.05, 0) is 0 Å². The van der Waals surface area contributed by atoms with E-state index in [-0.39, 0.29) is 0 Å². The summed E-state index contributed by atoms with van der Waals surface area (Å²) in [5.41, 5.74) is 0. The van der Waals surface area contributed by atoms with Crippen LogP contribution in [0.3, 0.4) is 0 Å². The normalized spacial score (nSPS) is 55.0. The SMILES string of the molecule is C[C@H]1C(O)[C@@H]2O[C@H]3OC(CO)[C@@H](O[C@H]4OC(CO)[C@@H](O[C@H]5OC(CO)[C@H](C[C@@H]5O)O[C@H]5OC(CO)[C@@H](O[C@H]6OC(CO)[C@@H](O[C@H]7OC(CO)[C@@H](O[C@H]8OC(CO)[C@@H](O[C@H]1OC2CO)C(O)[C@@H]8O)[C@H](O)C7O)[C@H](O)C6O)[C@H](O)C5O)C(O)[C@@H]4O)C(O)[C@@H]3O. The minimum Gasteiger partial charge on any atom is -0.394 e. The molecule has 506 valence electrons. The number of aliphatic hydroxyl groups excluding tert-OH is 22. The van der Waals surface area contributed by atoms with Gasteiger partial charge in [0.25, 0.3) is 0 Å². The number of rotatable bonds is 8. The molecule has 16 bridgehead atoms. The highest BCUT2D eigenvalue weighted by molar-refractivity contribution is 5.01. The van der Waals surface area contributed by atoms with Gasteiger partial charge in [0.15, 0.2) is 50.3 Å². The van der Waals surface area contributed by atoms with E-state index in [4.69, 9.17) is 75.8 Å². The van der Waals surface area contributed by atoms with Crippen molar-refractivity contribution in [3.05, 3.63) is 0 Å². The van der Waals surface area contributed by atoms with Crippen LogP contribution in [0.4, 0.5) is 0 Å². The van der Waals surface area contributed by atoms with Gasteiger partial charge in [-0.15, -0.1) is 0 Å². The highest BCUT2D eigenvalue weighted by Gasteiger charge is 2.59. The van der Waals surface area contributed by atoms with Gasteiger partial charge in [-0.1, -0.05) is 6.92 Å². The van der Waals surface area contributed by atoms with Crippen molar-refractivity contribution in [1.29, 1.82) is 0 Å². The van der Waals surface area contributed by atoms with E-state index in [0.29, 0.717) is 0 Å². The Hall–Kier alpha value is -1.52. The van der Waals surface area contributed by atoms with E-state index in [9.17, 15) is 112 Å². The molecule has 22 N–H and O–H groups in total. The van der Waals surface area contributed by atoms with Gasteiger partial charge in [0.1, 0.15) is 171 Å². The number of ether oxygens (including phenoxy) is 16. The van der Waals surface area contributed by atoms with Crippen molar-refractivity contribution in [2.24, 2.45) is 5.92 Å². The zero-order valence-electron chi connectivity index (χ0n) is 46.3. The van der Waals surface area contributed by atoms with Gasteiger partial charge in [0.05, 0.1) is 65.1 Å². The van der Waals surface area contributed by atoms with Gasteiger partial charge < -0.3 is 188 Å². The van der Waals surface area contributed by atoms with Crippen LogP contribution < -0.4 is 0 Å². The van der Waals surface area contributed by atoms with E-state index in [1.165, 1.54) is 6.92 Å². The Morgan fingerprint density at radius 2 is 0.414 bits per heavy atom. The van der Waals surface area contributed by atoms with Crippen molar-refractivity contribution >= 4 is 0 Å². The highest BCUT2D eigenvalue weighted by Crippen LogP contribution is 2.40. The van der Waals surface area contributed by atoms with Gasteiger partial charge in [-0.3, -0.25) is 0 Å². The van der Waals surface area contributed by atoms with Crippen LogP contribution in [-0.2, 0) is 75.8 Å². The van der Waals surface area contributed by atoms with Gasteiger partial charge >= 0.3 is 0 Å². The molecular weight excluding hydrogens is 1200 g/mol. The molecule has 0 aromatic carbocycles. The van der Waals surface area contributed by atoms with E-state index in [1.807, 2.05) is 0 Å². The molecule has 30 fully saturated rings. The van der Waals surface area contributed by atoms with E-state index in [2.05, 4.69) is 0 Å². The number of hydrogen-bond donors (Lipinski definition) is 22. The summed E-state index contributed by atoms with van der Waals surface area (Å²) in [7, 11) is 0. The third-order valence-corrected chi connectivity index (χ3v) is 17.1. The Kier molecular flexibility index (Phi) is 23.9. The topological polar surface area (TPSA) is 593 Å². The second-order valence-corrected chi connectivity index (χ2v) is 22.7. The summed E-state index contributed by atoms with van der Waals surface area (Å²) in [6.07, 6.45) is -72.4. The average molecular weight is 1280 g/mol. The lowest BCUT2D eigenvalue weighted by molar-refractivity contribution is -0.399. The van der Waals surface area contributed by atoms with Crippen molar-refractivity contribution in [2.75, 3.05) is 52.9 Å². The fourth-order valence-corrected chi connectivity index (χ4v) is 12.1. The van der Waals surface area contributed by atoms with Crippen molar-refractivity contribution in [3.8, 4) is 0 Å². The first-order chi connectivity index (χ1) is 41.5. The maximum atomic E-state index is 11.6. The Morgan fingerprint density at radius 1 is 0.218 bits per heavy atom. The monoisotopic (exact) mass is 1280 g/mol. The lowest BCUT2D eigenvalue weighted by Crippen LogP contribution is -2.68. The Morgan fingerprint density at radius 3 is 0.667 bits per heavy atom. The lowest BCUT2D eigenvalue weighted by Gasteiger charge is -2.50. The predicted molar refractivity (Wildman–Crippen MR) is 263 cm³/mol. The molecule has 30 aliphatic rings. The molecule has 0 aromatic heterocycles. The third kappa shape index (κ3) is 14.0. The number of hydrogen-bond acceptors (Lipinski definition) is 38. The second-order valence-electron chi connectivity index (χ2n) is 22.7. The van der Waals surface area contributed by atoms with Crippen LogP contribution in [0.2, 0.25) is 0 Å². The lowest BCUT2D eigenvalue weighted by atomic mass is 9.91. The van der Waals surface area contributed by atoms with E-state index in [1.54, 1.807) is 0 Å². The first-order valence-corrected chi connectivity index (χ1v) is 28.3. The zero-order chi connectivity index (χ0) is 63.2. The summed E-state index contributed by atoms with van der Waals surface area (Å²) < 4.78 is 92.7. The van der Waals surface area contributed by atoms with Crippen molar-refractivity contribution < 1.29 is 188 Å². The van der Waals surface area contributed by atoms with Gasteiger partial charge in [0.2, 0.25) is 0 Å². The van der Waals surface area contributed by atoms with Crippen LogP contribution in [0, 0.1) is 5.92 Å². The molecule has 87 heavy (non-hydrogen) atoms. The second kappa shape index (κ2) is 29.8.